The fourth-order valence-electron chi connectivity index (χ4n) is 1.91. The Balaban J connectivity index is 2.49. The molecule has 0 aromatic heterocycles. The van der Waals surface area contributed by atoms with Gasteiger partial charge >= 0.3 is 0 Å². The molecular formula is C12H24N2O. The standard InChI is InChI=1S/C12H24N2O/c1-3-5-8-12(4-2,11(13)15)14-9-10-6-7-10/h10,14H,3-9H2,1-2H3,(H2,13,15). The molecule has 1 atom stereocenters. The quantitative estimate of drug-likeness (QED) is 0.644. The summed E-state index contributed by atoms with van der Waals surface area (Å²) in [6, 6.07) is 0. The van der Waals surface area contributed by atoms with E-state index in [4.69, 9.17) is 5.73 Å². The number of nitrogens with two attached hydrogens (primary N) is 1. The van der Waals surface area contributed by atoms with Gasteiger partial charge in [-0.1, -0.05) is 26.7 Å². The van der Waals surface area contributed by atoms with Gasteiger partial charge in [-0.25, -0.2) is 0 Å². The predicted molar refractivity (Wildman–Crippen MR) is 62.5 cm³/mol. The van der Waals surface area contributed by atoms with Gasteiger partial charge in [0.05, 0.1) is 5.54 Å². The van der Waals surface area contributed by atoms with E-state index in [2.05, 4.69) is 12.2 Å². The molecule has 3 nitrogen and oxygen atoms in total. The van der Waals surface area contributed by atoms with Gasteiger partial charge in [0.25, 0.3) is 0 Å². The second kappa shape index (κ2) is 5.50. The number of unbranched alkanes of at least 4 members (excludes halogenated alkanes) is 1. The molecule has 0 aliphatic heterocycles. The molecule has 1 saturated carbocycles. The predicted octanol–water partition coefficient (Wildman–Crippen LogP) is 1.81. The van der Waals surface area contributed by atoms with Crippen LogP contribution < -0.4 is 11.1 Å². The van der Waals surface area contributed by atoms with Crippen LogP contribution >= 0.6 is 0 Å². The number of carbonyl (C=O) groups excluding carboxylic acids is 1. The van der Waals surface area contributed by atoms with Crippen LogP contribution in [0.15, 0.2) is 0 Å². The molecule has 88 valence electrons. The lowest BCUT2D eigenvalue weighted by atomic mass is 9.88. The van der Waals surface area contributed by atoms with Crippen LogP contribution in [0.5, 0.6) is 0 Å². The normalized spacial score (nSPS) is 19.9. The fraction of sp³-hybridized carbons (Fsp3) is 0.917. The zero-order valence-electron chi connectivity index (χ0n) is 10.0. The molecule has 3 N–H and O–H groups in total. The molecular weight excluding hydrogens is 188 g/mol. The first-order valence-electron chi connectivity index (χ1n) is 6.19. The highest BCUT2D eigenvalue weighted by molar-refractivity contribution is 5.84. The Morgan fingerprint density at radius 2 is 2.13 bits per heavy atom. The van der Waals surface area contributed by atoms with E-state index in [1.54, 1.807) is 0 Å². The summed E-state index contributed by atoms with van der Waals surface area (Å²) in [4.78, 5) is 11.6. The molecule has 0 heterocycles. The summed E-state index contributed by atoms with van der Waals surface area (Å²) >= 11 is 0. The van der Waals surface area contributed by atoms with Crippen LogP contribution in [0.3, 0.4) is 0 Å². The Morgan fingerprint density at radius 1 is 1.47 bits per heavy atom. The molecule has 1 amide bonds. The SMILES string of the molecule is CCCCC(CC)(NCC1CC1)C(N)=O. The number of hydrogen-bond donors (Lipinski definition) is 2. The van der Waals surface area contributed by atoms with E-state index in [9.17, 15) is 4.79 Å². The van der Waals surface area contributed by atoms with Crippen molar-refractivity contribution in [1.82, 2.24) is 5.32 Å². The third-order valence-electron chi connectivity index (χ3n) is 3.46. The molecule has 1 fully saturated rings. The largest absolute Gasteiger partial charge is 0.368 e. The van der Waals surface area contributed by atoms with Gasteiger partial charge in [-0.15, -0.1) is 0 Å². The summed E-state index contributed by atoms with van der Waals surface area (Å²) in [5.74, 6) is 0.607. The molecule has 1 aliphatic rings. The van der Waals surface area contributed by atoms with E-state index in [0.29, 0.717) is 0 Å². The second-order valence-electron chi connectivity index (χ2n) is 4.73. The van der Waals surface area contributed by atoms with Gasteiger partial charge in [-0.3, -0.25) is 4.79 Å². The van der Waals surface area contributed by atoms with E-state index in [1.165, 1.54) is 12.8 Å². The summed E-state index contributed by atoms with van der Waals surface area (Å²) in [7, 11) is 0. The van der Waals surface area contributed by atoms with E-state index in [-0.39, 0.29) is 5.91 Å². The Morgan fingerprint density at radius 3 is 2.53 bits per heavy atom. The van der Waals surface area contributed by atoms with Crippen LogP contribution in [-0.2, 0) is 4.79 Å². The Kier molecular flexibility index (Phi) is 4.58. The maximum absolute atomic E-state index is 11.6. The maximum Gasteiger partial charge on any atom is 0.237 e. The number of nitrogens with one attached hydrogen (secondary N) is 1. The molecule has 0 bridgehead atoms. The van der Waals surface area contributed by atoms with Gasteiger partial charge < -0.3 is 11.1 Å². The van der Waals surface area contributed by atoms with Gasteiger partial charge in [-0.2, -0.15) is 0 Å². The molecule has 0 aromatic rings. The van der Waals surface area contributed by atoms with Crippen molar-refractivity contribution in [2.45, 2.75) is 57.9 Å². The topological polar surface area (TPSA) is 55.1 Å². The third kappa shape index (κ3) is 3.49. The van der Waals surface area contributed by atoms with Crippen LogP contribution in [0.2, 0.25) is 0 Å². The number of hydrogen-bond acceptors (Lipinski definition) is 2. The van der Waals surface area contributed by atoms with Crippen molar-refractivity contribution < 1.29 is 4.79 Å². The molecule has 0 aromatic carbocycles. The van der Waals surface area contributed by atoms with Gasteiger partial charge in [0.2, 0.25) is 5.91 Å². The summed E-state index contributed by atoms with van der Waals surface area (Å²) in [6.45, 7) is 5.14. The molecule has 1 aliphatic carbocycles. The van der Waals surface area contributed by atoms with Gasteiger partial charge in [0.1, 0.15) is 0 Å². The lowest BCUT2D eigenvalue weighted by Crippen LogP contribution is -2.55. The molecule has 3 heteroatoms. The average molecular weight is 212 g/mol. The molecule has 0 saturated heterocycles. The Labute approximate surface area is 92.8 Å². The van der Waals surface area contributed by atoms with Crippen LogP contribution in [0, 0.1) is 5.92 Å². The summed E-state index contributed by atoms with van der Waals surface area (Å²) in [6.07, 6.45) is 6.46. The van der Waals surface area contributed by atoms with E-state index in [1.807, 2.05) is 6.92 Å². The van der Waals surface area contributed by atoms with Crippen LogP contribution in [-0.4, -0.2) is 18.0 Å². The zero-order valence-corrected chi connectivity index (χ0v) is 10.0. The second-order valence-corrected chi connectivity index (χ2v) is 4.73. The number of amides is 1. The average Bonchev–Trinajstić information content (AvgIpc) is 3.02. The summed E-state index contributed by atoms with van der Waals surface area (Å²) in [5, 5.41) is 3.40. The third-order valence-corrected chi connectivity index (χ3v) is 3.46. The van der Waals surface area contributed by atoms with Crippen molar-refractivity contribution in [3.8, 4) is 0 Å². The van der Waals surface area contributed by atoms with Crippen molar-refractivity contribution in [3.05, 3.63) is 0 Å². The lowest BCUT2D eigenvalue weighted by molar-refractivity contribution is -0.125. The molecule has 0 radical (unpaired) electrons. The molecule has 15 heavy (non-hydrogen) atoms. The highest BCUT2D eigenvalue weighted by atomic mass is 16.1. The smallest absolute Gasteiger partial charge is 0.237 e. The van der Waals surface area contributed by atoms with Crippen molar-refractivity contribution >= 4 is 5.91 Å². The van der Waals surface area contributed by atoms with Crippen molar-refractivity contribution in [2.24, 2.45) is 11.7 Å². The van der Waals surface area contributed by atoms with E-state index in [0.717, 1.165) is 38.1 Å². The highest BCUT2D eigenvalue weighted by Gasteiger charge is 2.35. The van der Waals surface area contributed by atoms with Gasteiger partial charge in [-0.05, 0) is 38.1 Å². The summed E-state index contributed by atoms with van der Waals surface area (Å²) < 4.78 is 0. The number of rotatable bonds is 8. The fourth-order valence-corrected chi connectivity index (χ4v) is 1.91. The zero-order chi connectivity index (χ0) is 11.3. The first kappa shape index (κ1) is 12.5. The van der Waals surface area contributed by atoms with Crippen molar-refractivity contribution in [3.63, 3.8) is 0 Å². The lowest BCUT2D eigenvalue weighted by Gasteiger charge is -2.31. The van der Waals surface area contributed by atoms with Crippen molar-refractivity contribution in [1.29, 1.82) is 0 Å². The molecule has 1 rings (SSSR count). The molecule has 0 spiro atoms. The number of primary amides is 1. The van der Waals surface area contributed by atoms with E-state index >= 15 is 0 Å². The van der Waals surface area contributed by atoms with Gasteiger partial charge in [0.15, 0.2) is 0 Å². The minimum atomic E-state index is -0.446. The Bertz CT molecular complexity index is 214. The Hall–Kier alpha value is -0.570. The monoisotopic (exact) mass is 212 g/mol. The first-order chi connectivity index (χ1) is 7.14. The maximum atomic E-state index is 11.6. The first-order valence-corrected chi connectivity index (χ1v) is 6.19. The minimum Gasteiger partial charge on any atom is -0.368 e. The highest BCUT2D eigenvalue weighted by Crippen LogP contribution is 2.29. The van der Waals surface area contributed by atoms with Crippen molar-refractivity contribution in [2.75, 3.05) is 6.54 Å². The summed E-state index contributed by atoms with van der Waals surface area (Å²) in [5.41, 5.74) is 5.08. The minimum absolute atomic E-state index is 0.181. The van der Waals surface area contributed by atoms with E-state index < -0.39 is 5.54 Å². The van der Waals surface area contributed by atoms with Gasteiger partial charge in [0, 0.05) is 0 Å². The number of carbonyl (C=O) groups is 1. The van der Waals surface area contributed by atoms with Crippen LogP contribution in [0.1, 0.15) is 52.4 Å². The van der Waals surface area contributed by atoms with Crippen LogP contribution in [0.4, 0.5) is 0 Å². The van der Waals surface area contributed by atoms with Crippen LogP contribution in [0.25, 0.3) is 0 Å². The molecule has 1 unspecified atom stereocenters.